The summed E-state index contributed by atoms with van der Waals surface area (Å²) in [6.45, 7) is 0.628. The maximum atomic E-state index is 9.14. The average molecular weight is 252 g/mol. The van der Waals surface area contributed by atoms with Crippen LogP contribution in [0.2, 0.25) is 0 Å². The van der Waals surface area contributed by atoms with Crippen molar-refractivity contribution in [3.8, 4) is 0 Å². The van der Waals surface area contributed by atoms with E-state index in [1.165, 1.54) is 6.42 Å². The molecule has 92 valence electrons. The largest absolute Gasteiger partial charge is 0.395 e. The van der Waals surface area contributed by atoms with E-state index in [1.807, 2.05) is 0 Å². The van der Waals surface area contributed by atoms with Gasteiger partial charge in [0.05, 0.1) is 18.4 Å². The van der Waals surface area contributed by atoms with Crippen LogP contribution in [0.4, 0.5) is 5.82 Å². The van der Waals surface area contributed by atoms with Crippen molar-refractivity contribution in [1.29, 1.82) is 0 Å². The highest BCUT2D eigenvalue weighted by Gasteiger charge is 2.27. The highest BCUT2D eigenvalue weighted by molar-refractivity contribution is 7.80. The van der Waals surface area contributed by atoms with Crippen LogP contribution in [-0.2, 0) is 0 Å². The van der Waals surface area contributed by atoms with Crippen LogP contribution in [0.5, 0.6) is 0 Å². The first kappa shape index (κ1) is 12.2. The van der Waals surface area contributed by atoms with Crippen molar-refractivity contribution < 1.29 is 5.11 Å². The number of aliphatic hydroxyl groups is 1. The van der Waals surface area contributed by atoms with Crippen LogP contribution >= 0.6 is 12.2 Å². The van der Waals surface area contributed by atoms with Gasteiger partial charge in [-0.05, 0) is 25.3 Å². The molecule has 0 bridgehead atoms. The normalized spacial score (nSPS) is 15.4. The molecular formula is C11H16N4OS. The topological polar surface area (TPSA) is 75.3 Å². The minimum absolute atomic E-state index is 0.0872. The molecule has 0 spiro atoms. The monoisotopic (exact) mass is 252 g/mol. The lowest BCUT2D eigenvalue weighted by atomic mass is 9.91. The third-order valence-electron chi connectivity index (χ3n) is 3.10. The average Bonchev–Trinajstić information content (AvgIpc) is 2.26. The number of anilines is 1. The third-order valence-corrected chi connectivity index (χ3v) is 3.32. The van der Waals surface area contributed by atoms with Gasteiger partial charge in [0.2, 0.25) is 0 Å². The fraction of sp³-hybridized carbons (Fsp3) is 0.545. The molecule has 1 aliphatic rings. The summed E-state index contributed by atoms with van der Waals surface area (Å²) in [6, 6.07) is 2.19. The van der Waals surface area contributed by atoms with Crippen molar-refractivity contribution in [2.75, 3.05) is 18.1 Å². The molecule has 3 N–H and O–H groups in total. The standard InChI is InChI=1S/C11H16N4OS/c12-10(17)9-4-5-13-14-11(9)15(6-7-16)8-2-1-3-8/h4-5,8,16H,1-3,6-7H2,(H2,12,17). The lowest BCUT2D eigenvalue weighted by molar-refractivity contribution is 0.282. The van der Waals surface area contributed by atoms with Crippen molar-refractivity contribution in [2.24, 2.45) is 5.73 Å². The molecule has 0 saturated heterocycles. The van der Waals surface area contributed by atoms with E-state index in [0.717, 1.165) is 18.4 Å². The van der Waals surface area contributed by atoms with Gasteiger partial charge in [-0.2, -0.15) is 5.10 Å². The number of thiocarbonyl (C=S) groups is 1. The van der Waals surface area contributed by atoms with Crippen molar-refractivity contribution in [1.82, 2.24) is 10.2 Å². The Morgan fingerprint density at radius 3 is 2.88 bits per heavy atom. The fourth-order valence-electron chi connectivity index (χ4n) is 2.00. The highest BCUT2D eigenvalue weighted by atomic mass is 32.1. The Morgan fingerprint density at radius 2 is 2.35 bits per heavy atom. The van der Waals surface area contributed by atoms with E-state index in [-0.39, 0.29) is 6.61 Å². The summed E-state index contributed by atoms with van der Waals surface area (Å²) in [7, 11) is 0. The molecule has 1 heterocycles. The summed E-state index contributed by atoms with van der Waals surface area (Å²) in [6.07, 6.45) is 5.03. The van der Waals surface area contributed by atoms with E-state index in [2.05, 4.69) is 15.1 Å². The van der Waals surface area contributed by atoms with Crippen LogP contribution in [0, 0.1) is 0 Å². The van der Waals surface area contributed by atoms with Gasteiger partial charge in [-0.3, -0.25) is 0 Å². The molecule has 0 unspecified atom stereocenters. The van der Waals surface area contributed by atoms with Gasteiger partial charge in [0, 0.05) is 12.6 Å². The first-order valence-electron chi connectivity index (χ1n) is 5.73. The summed E-state index contributed by atoms with van der Waals surface area (Å²) in [5.41, 5.74) is 6.41. The Morgan fingerprint density at radius 1 is 1.59 bits per heavy atom. The Labute approximate surface area is 106 Å². The summed E-state index contributed by atoms with van der Waals surface area (Å²) < 4.78 is 0. The second-order valence-corrected chi connectivity index (χ2v) is 4.57. The molecule has 2 rings (SSSR count). The summed E-state index contributed by atoms with van der Waals surface area (Å²) >= 11 is 5.01. The number of aromatic nitrogens is 2. The zero-order valence-corrected chi connectivity index (χ0v) is 10.4. The molecule has 0 atom stereocenters. The van der Waals surface area contributed by atoms with Gasteiger partial charge < -0.3 is 15.7 Å². The second-order valence-electron chi connectivity index (χ2n) is 4.13. The Kier molecular flexibility index (Phi) is 3.86. The zero-order valence-electron chi connectivity index (χ0n) is 9.54. The molecule has 1 aromatic rings. The van der Waals surface area contributed by atoms with Gasteiger partial charge in [0.15, 0.2) is 5.82 Å². The van der Waals surface area contributed by atoms with Gasteiger partial charge >= 0.3 is 0 Å². The predicted octanol–water partition coefficient (Wildman–Crippen LogP) is 0.462. The predicted molar refractivity (Wildman–Crippen MR) is 70.0 cm³/mol. The Balaban J connectivity index is 2.30. The van der Waals surface area contributed by atoms with E-state index in [4.69, 9.17) is 23.1 Å². The minimum atomic E-state index is 0.0872. The molecule has 1 saturated carbocycles. The van der Waals surface area contributed by atoms with E-state index in [1.54, 1.807) is 12.3 Å². The Hall–Kier alpha value is -1.27. The van der Waals surface area contributed by atoms with Gasteiger partial charge in [0.1, 0.15) is 4.99 Å². The lowest BCUT2D eigenvalue weighted by Gasteiger charge is -2.38. The summed E-state index contributed by atoms with van der Waals surface area (Å²) in [5, 5.41) is 17.1. The van der Waals surface area contributed by atoms with Gasteiger partial charge in [0.25, 0.3) is 0 Å². The van der Waals surface area contributed by atoms with E-state index >= 15 is 0 Å². The van der Waals surface area contributed by atoms with Crippen LogP contribution in [0.25, 0.3) is 0 Å². The van der Waals surface area contributed by atoms with Gasteiger partial charge in [-0.1, -0.05) is 12.2 Å². The van der Waals surface area contributed by atoms with Crippen LogP contribution in [0.1, 0.15) is 24.8 Å². The number of nitrogens with two attached hydrogens (primary N) is 1. The van der Waals surface area contributed by atoms with E-state index < -0.39 is 0 Å². The minimum Gasteiger partial charge on any atom is -0.395 e. The molecule has 6 heteroatoms. The number of aliphatic hydroxyl groups excluding tert-OH is 1. The van der Waals surface area contributed by atoms with Crippen molar-refractivity contribution in [3.05, 3.63) is 17.8 Å². The molecule has 0 aliphatic heterocycles. The number of nitrogens with zero attached hydrogens (tertiary/aromatic N) is 3. The van der Waals surface area contributed by atoms with E-state index in [0.29, 0.717) is 23.4 Å². The van der Waals surface area contributed by atoms with E-state index in [9.17, 15) is 0 Å². The maximum absolute atomic E-state index is 9.14. The summed E-state index contributed by atoms with van der Waals surface area (Å²) in [4.78, 5) is 2.38. The number of rotatable bonds is 5. The summed E-state index contributed by atoms with van der Waals surface area (Å²) in [5.74, 6) is 0.693. The Bertz CT molecular complexity index is 408. The van der Waals surface area contributed by atoms with Crippen molar-refractivity contribution in [3.63, 3.8) is 0 Å². The molecule has 5 nitrogen and oxygen atoms in total. The molecule has 0 amide bonds. The molecular weight excluding hydrogens is 236 g/mol. The van der Waals surface area contributed by atoms with Crippen molar-refractivity contribution in [2.45, 2.75) is 25.3 Å². The van der Waals surface area contributed by atoms with Gasteiger partial charge in [-0.25, -0.2) is 0 Å². The maximum Gasteiger partial charge on any atom is 0.161 e. The molecule has 1 aliphatic carbocycles. The quantitative estimate of drug-likeness (QED) is 0.742. The van der Waals surface area contributed by atoms with Crippen LogP contribution in [-0.4, -0.2) is 39.5 Å². The first-order chi connectivity index (χ1) is 8.24. The van der Waals surface area contributed by atoms with Crippen LogP contribution in [0.3, 0.4) is 0 Å². The molecule has 17 heavy (non-hydrogen) atoms. The zero-order chi connectivity index (χ0) is 12.3. The highest BCUT2D eigenvalue weighted by Crippen LogP contribution is 2.29. The molecule has 0 radical (unpaired) electrons. The first-order valence-corrected chi connectivity index (χ1v) is 6.14. The van der Waals surface area contributed by atoms with Gasteiger partial charge in [-0.15, -0.1) is 5.10 Å². The molecule has 0 aromatic carbocycles. The van der Waals surface area contributed by atoms with Crippen LogP contribution in [0.15, 0.2) is 12.3 Å². The number of hydrogen-bond donors (Lipinski definition) is 2. The lowest BCUT2D eigenvalue weighted by Crippen LogP contribution is -2.43. The third kappa shape index (κ3) is 2.53. The fourth-order valence-corrected chi connectivity index (χ4v) is 2.16. The SMILES string of the molecule is NC(=S)c1ccnnc1N(CCO)C1CCC1. The molecule has 1 aromatic heterocycles. The van der Waals surface area contributed by atoms with Crippen LogP contribution < -0.4 is 10.6 Å². The smallest absolute Gasteiger partial charge is 0.161 e. The van der Waals surface area contributed by atoms with Crippen molar-refractivity contribution >= 4 is 23.0 Å². The second kappa shape index (κ2) is 5.37. The molecule has 1 fully saturated rings. The number of hydrogen-bond acceptors (Lipinski definition) is 5.